The Morgan fingerprint density at radius 2 is 2.06 bits per heavy atom. The number of piperidine rings is 1. The first-order chi connectivity index (χ1) is 8.51. The molecule has 1 atom stereocenters. The number of hydrogen-bond acceptors (Lipinski definition) is 3. The maximum Gasteiger partial charge on any atom is 0.303 e. The second-order valence-corrected chi connectivity index (χ2v) is 5.82. The number of carbonyl (C=O) groups excluding carboxylic acids is 1. The van der Waals surface area contributed by atoms with Gasteiger partial charge in [0.1, 0.15) is 0 Å². The zero-order valence-corrected chi connectivity index (χ0v) is 10.9. The van der Waals surface area contributed by atoms with E-state index in [-0.39, 0.29) is 23.7 Å². The van der Waals surface area contributed by atoms with E-state index in [1.165, 1.54) is 0 Å². The molecule has 18 heavy (non-hydrogen) atoms. The van der Waals surface area contributed by atoms with Crippen molar-refractivity contribution in [1.29, 1.82) is 0 Å². The van der Waals surface area contributed by atoms with Crippen LogP contribution in [0.1, 0.15) is 32.6 Å². The highest BCUT2D eigenvalue weighted by atomic mass is 16.4. The molecule has 0 aliphatic carbocycles. The van der Waals surface area contributed by atoms with E-state index in [2.05, 4.69) is 5.32 Å². The lowest BCUT2D eigenvalue weighted by molar-refractivity contribution is -0.142. The Bertz CT molecular complexity index is 329. The number of nitrogens with one attached hydrogen (secondary N) is 1. The number of amides is 1. The van der Waals surface area contributed by atoms with Crippen LogP contribution in [0.15, 0.2) is 0 Å². The van der Waals surface area contributed by atoms with Crippen LogP contribution in [0, 0.1) is 11.3 Å². The highest BCUT2D eigenvalue weighted by Crippen LogP contribution is 2.30. The largest absolute Gasteiger partial charge is 0.481 e. The minimum atomic E-state index is -0.730. The van der Waals surface area contributed by atoms with Crippen molar-refractivity contribution in [1.82, 2.24) is 10.2 Å². The van der Waals surface area contributed by atoms with Gasteiger partial charge in [-0.3, -0.25) is 9.59 Å². The predicted molar refractivity (Wildman–Crippen MR) is 67.2 cm³/mol. The van der Waals surface area contributed by atoms with Gasteiger partial charge in [0.25, 0.3) is 0 Å². The number of hydrogen-bond donors (Lipinski definition) is 2. The van der Waals surface area contributed by atoms with Gasteiger partial charge in [-0.25, -0.2) is 0 Å². The van der Waals surface area contributed by atoms with Crippen LogP contribution in [0.25, 0.3) is 0 Å². The lowest BCUT2D eigenvalue weighted by Gasteiger charge is -2.36. The summed E-state index contributed by atoms with van der Waals surface area (Å²) in [6.07, 6.45) is 2.78. The summed E-state index contributed by atoms with van der Waals surface area (Å²) < 4.78 is 0. The Kier molecular flexibility index (Phi) is 3.90. The fourth-order valence-corrected chi connectivity index (χ4v) is 2.97. The van der Waals surface area contributed by atoms with Gasteiger partial charge < -0.3 is 15.3 Å². The number of nitrogens with zero attached hydrogens (tertiary/aromatic N) is 1. The molecular weight excluding hydrogens is 232 g/mol. The van der Waals surface area contributed by atoms with Crippen molar-refractivity contribution in [3.63, 3.8) is 0 Å². The molecule has 2 aliphatic rings. The first-order valence-corrected chi connectivity index (χ1v) is 6.73. The lowest BCUT2D eigenvalue weighted by Crippen LogP contribution is -2.47. The second kappa shape index (κ2) is 5.26. The Morgan fingerprint density at radius 3 is 2.56 bits per heavy atom. The molecule has 2 fully saturated rings. The summed E-state index contributed by atoms with van der Waals surface area (Å²) in [4.78, 5) is 25.0. The quantitative estimate of drug-likeness (QED) is 0.778. The van der Waals surface area contributed by atoms with Crippen LogP contribution in [-0.4, -0.2) is 48.1 Å². The molecule has 0 bridgehead atoms. The summed E-state index contributed by atoms with van der Waals surface area (Å²) in [5.41, 5.74) is -0.250. The zero-order valence-electron chi connectivity index (χ0n) is 10.9. The number of likely N-dealkylation sites (tertiary alicyclic amines) is 1. The van der Waals surface area contributed by atoms with Gasteiger partial charge in [-0.1, -0.05) is 0 Å². The van der Waals surface area contributed by atoms with E-state index < -0.39 is 5.97 Å². The maximum atomic E-state index is 12.4. The summed E-state index contributed by atoms with van der Waals surface area (Å²) in [7, 11) is 0. The van der Waals surface area contributed by atoms with E-state index >= 15 is 0 Å². The van der Waals surface area contributed by atoms with Crippen molar-refractivity contribution in [3.05, 3.63) is 0 Å². The first kappa shape index (κ1) is 13.3. The molecule has 2 aliphatic heterocycles. The third kappa shape index (κ3) is 2.83. The van der Waals surface area contributed by atoms with Crippen molar-refractivity contribution in [2.75, 3.05) is 26.2 Å². The van der Waals surface area contributed by atoms with E-state index in [0.717, 1.165) is 32.4 Å². The fourth-order valence-electron chi connectivity index (χ4n) is 2.97. The van der Waals surface area contributed by atoms with Crippen molar-refractivity contribution >= 4 is 11.9 Å². The van der Waals surface area contributed by atoms with Gasteiger partial charge in [0, 0.05) is 26.1 Å². The van der Waals surface area contributed by atoms with Crippen molar-refractivity contribution in [3.8, 4) is 0 Å². The second-order valence-electron chi connectivity index (χ2n) is 5.82. The van der Waals surface area contributed by atoms with Gasteiger partial charge in [-0.15, -0.1) is 0 Å². The lowest BCUT2D eigenvalue weighted by atomic mass is 9.86. The molecule has 0 radical (unpaired) electrons. The van der Waals surface area contributed by atoms with Crippen LogP contribution >= 0.6 is 0 Å². The molecule has 0 aromatic rings. The fraction of sp³-hybridized carbons (Fsp3) is 0.846. The van der Waals surface area contributed by atoms with E-state index in [1.54, 1.807) is 0 Å². The minimum absolute atomic E-state index is 0.237. The van der Waals surface area contributed by atoms with Gasteiger partial charge in [-0.05, 0) is 38.6 Å². The molecule has 5 nitrogen and oxygen atoms in total. The van der Waals surface area contributed by atoms with Gasteiger partial charge in [0.05, 0.1) is 5.41 Å². The standard InChI is InChI=1S/C13H22N2O3/c1-13(4-5-14-9-13)12(18)15-6-2-10(3-7-15)8-11(16)17/h10,14H,2-9H2,1H3,(H,16,17). The number of carboxylic acid groups (broad SMARTS) is 1. The van der Waals surface area contributed by atoms with Crippen LogP contribution in [0.3, 0.4) is 0 Å². The third-order valence-corrected chi connectivity index (χ3v) is 4.25. The third-order valence-electron chi connectivity index (χ3n) is 4.25. The van der Waals surface area contributed by atoms with E-state index in [0.29, 0.717) is 13.1 Å². The van der Waals surface area contributed by atoms with Crippen LogP contribution < -0.4 is 5.32 Å². The molecule has 1 unspecified atom stereocenters. The zero-order chi connectivity index (χ0) is 13.2. The van der Waals surface area contributed by atoms with Crippen LogP contribution in [0.4, 0.5) is 0 Å². The summed E-state index contributed by atoms with van der Waals surface area (Å²) in [5.74, 6) is -0.255. The SMILES string of the molecule is CC1(C(=O)N2CCC(CC(=O)O)CC2)CCNC1. The molecule has 5 heteroatoms. The number of carboxylic acids is 1. The topological polar surface area (TPSA) is 69.6 Å². The van der Waals surface area contributed by atoms with E-state index in [9.17, 15) is 9.59 Å². The monoisotopic (exact) mass is 254 g/mol. The van der Waals surface area contributed by atoms with E-state index in [4.69, 9.17) is 5.11 Å². The van der Waals surface area contributed by atoms with E-state index in [1.807, 2.05) is 11.8 Å². The van der Waals surface area contributed by atoms with Crippen LogP contribution in [0.5, 0.6) is 0 Å². The summed E-state index contributed by atoms with van der Waals surface area (Å²) >= 11 is 0. The molecule has 0 aromatic heterocycles. The molecule has 0 spiro atoms. The van der Waals surface area contributed by atoms with Crippen molar-refractivity contribution in [2.45, 2.75) is 32.6 Å². The van der Waals surface area contributed by atoms with Crippen molar-refractivity contribution < 1.29 is 14.7 Å². The Morgan fingerprint density at radius 1 is 1.39 bits per heavy atom. The first-order valence-electron chi connectivity index (χ1n) is 6.73. The maximum absolute atomic E-state index is 12.4. The molecule has 2 saturated heterocycles. The molecule has 2 rings (SSSR count). The van der Waals surface area contributed by atoms with Gasteiger partial charge in [0.15, 0.2) is 0 Å². The van der Waals surface area contributed by atoms with Gasteiger partial charge in [-0.2, -0.15) is 0 Å². The number of aliphatic carboxylic acids is 1. The summed E-state index contributed by atoms with van der Waals surface area (Å²) in [6.45, 7) is 5.13. The molecule has 2 heterocycles. The van der Waals surface area contributed by atoms with Crippen LogP contribution in [0.2, 0.25) is 0 Å². The average molecular weight is 254 g/mol. The Balaban J connectivity index is 1.86. The predicted octanol–water partition coefficient (Wildman–Crippen LogP) is 0.699. The van der Waals surface area contributed by atoms with Crippen LogP contribution in [-0.2, 0) is 9.59 Å². The highest BCUT2D eigenvalue weighted by molar-refractivity contribution is 5.83. The molecule has 0 saturated carbocycles. The number of rotatable bonds is 3. The summed E-state index contributed by atoms with van der Waals surface area (Å²) in [6, 6.07) is 0. The molecule has 2 N–H and O–H groups in total. The van der Waals surface area contributed by atoms with Gasteiger partial charge >= 0.3 is 5.97 Å². The highest BCUT2D eigenvalue weighted by Gasteiger charge is 2.40. The average Bonchev–Trinajstić information content (AvgIpc) is 2.77. The minimum Gasteiger partial charge on any atom is -0.481 e. The Hall–Kier alpha value is -1.10. The number of carbonyl (C=O) groups is 2. The van der Waals surface area contributed by atoms with Crippen molar-refractivity contribution in [2.24, 2.45) is 11.3 Å². The molecule has 1 amide bonds. The normalized spacial score (nSPS) is 29.5. The molecule has 102 valence electrons. The smallest absolute Gasteiger partial charge is 0.303 e. The van der Waals surface area contributed by atoms with Gasteiger partial charge in [0.2, 0.25) is 5.91 Å². The summed E-state index contributed by atoms with van der Waals surface area (Å²) in [5, 5.41) is 12.0. The molecule has 0 aromatic carbocycles. The molecular formula is C13H22N2O3. The Labute approximate surface area is 108 Å².